The summed E-state index contributed by atoms with van der Waals surface area (Å²) in [6, 6.07) is 8.27. The van der Waals surface area contributed by atoms with Gasteiger partial charge in [0, 0.05) is 22.9 Å². The van der Waals surface area contributed by atoms with Gasteiger partial charge in [-0.25, -0.2) is 4.98 Å². The lowest BCUT2D eigenvalue weighted by Crippen LogP contribution is -2.19. The van der Waals surface area contributed by atoms with Crippen LogP contribution in [0.5, 0.6) is 0 Å². The first-order valence-electron chi connectivity index (χ1n) is 6.61. The highest BCUT2D eigenvalue weighted by atomic mass is 35.5. The molecule has 0 aliphatic heterocycles. The molecule has 19 heavy (non-hydrogen) atoms. The summed E-state index contributed by atoms with van der Waals surface area (Å²) in [4.78, 5) is 4.70. The molecule has 102 valence electrons. The maximum atomic E-state index is 6.18. The fourth-order valence-corrected chi connectivity index (χ4v) is 2.99. The lowest BCUT2D eigenvalue weighted by Gasteiger charge is -2.09. The lowest BCUT2D eigenvalue weighted by molar-refractivity contribution is 0.560. The Kier molecular flexibility index (Phi) is 5.37. The summed E-state index contributed by atoms with van der Waals surface area (Å²) >= 11 is 7.88. The van der Waals surface area contributed by atoms with Crippen LogP contribution in [-0.4, -0.2) is 11.5 Å². The highest BCUT2D eigenvalue weighted by molar-refractivity contribution is 7.09. The minimum absolute atomic E-state index is 0.316. The van der Waals surface area contributed by atoms with E-state index in [9.17, 15) is 0 Å². The van der Waals surface area contributed by atoms with Crippen molar-refractivity contribution in [2.24, 2.45) is 0 Å². The van der Waals surface area contributed by atoms with Crippen LogP contribution < -0.4 is 5.32 Å². The molecule has 4 heteroatoms. The van der Waals surface area contributed by atoms with Crippen LogP contribution in [0.15, 0.2) is 29.6 Å². The molecule has 0 saturated heterocycles. The number of thiazole rings is 1. The number of rotatable bonds is 6. The Bertz CT molecular complexity index is 524. The van der Waals surface area contributed by atoms with Gasteiger partial charge in [-0.1, -0.05) is 36.7 Å². The van der Waals surface area contributed by atoms with E-state index < -0.39 is 0 Å². The zero-order valence-corrected chi connectivity index (χ0v) is 12.9. The van der Waals surface area contributed by atoms with E-state index in [0.29, 0.717) is 6.04 Å². The van der Waals surface area contributed by atoms with Crippen LogP contribution in [0.3, 0.4) is 0 Å². The zero-order valence-electron chi connectivity index (χ0n) is 11.3. The Morgan fingerprint density at radius 3 is 2.89 bits per heavy atom. The molecule has 0 aliphatic carbocycles. The van der Waals surface area contributed by atoms with Gasteiger partial charge >= 0.3 is 0 Å². The van der Waals surface area contributed by atoms with Gasteiger partial charge in [-0.2, -0.15) is 0 Å². The molecule has 1 unspecified atom stereocenters. The summed E-state index contributed by atoms with van der Waals surface area (Å²) in [5.41, 5.74) is 2.26. The minimum atomic E-state index is 0.316. The average Bonchev–Trinajstić information content (AvgIpc) is 2.87. The largest absolute Gasteiger partial charge is 0.309 e. The molecule has 2 rings (SSSR count). The number of nitrogens with one attached hydrogen (secondary N) is 1. The molecule has 1 aromatic carbocycles. The van der Waals surface area contributed by atoms with E-state index in [0.717, 1.165) is 40.7 Å². The molecule has 2 nitrogen and oxygen atoms in total. The third-order valence-electron chi connectivity index (χ3n) is 3.01. The molecule has 0 spiro atoms. The van der Waals surface area contributed by atoms with Gasteiger partial charge in [-0.15, -0.1) is 11.3 Å². The second-order valence-corrected chi connectivity index (χ2v) is 5.96. The van der Waals surface area contributed by atoms with Crippen molar-refractivity contribution >= 4 is 22.9 Å². The van der Waals surface area contributed by atoms with E-state index in [1.807, 2.05) is 18.2 Å². The third kappa shape index (κ3) is 4.03. The van der Waals surface area contributed by atoms with Crippen molar-refractivity contribution in [2.75, 3.05) is 6.54 Å². The van der Waals surface area contributed by atoms with Gasteiger partial charge in [0.05, 0.1) is 10.7 Å². The standard InChI is InChI=1S/C15H19ClN2S/c1-3-8-17-11(2)14-10-19-15(18-14)9-12-6-4-5-7-13(12)16/h4-7,10-11,17H,3,8-9H2,1-2H3. The van der Waals surface area contributed by atoms with Crippen molar-refractivity contribution in [1.29, 1.82) is 0 Å². The molecule has 1 heterocycles. The lowest BCUT2D eigenvalue weighted by atomic mass is 10.1. The van der Waals surface area contributed by atoms with Gasteiger partial charge in [0.1, 0.15) is 0 Å². The highest BCUT2D eigenvalue weighted by Gasteiger charge is 2.10. The monoisotopic (exact) mass is 294 g/mol. The summed E-state index contributed by atoms with van der Waals surface area (Å²) < 4.78 is 0. The maximum Gasteiger partial charge on any atom is 0.0973 e. The summed E-state index contributed by atoms with van der Waals surface area (Å²) in [6.07, 6.45) is 1.95. The molecule has 2 aromatic rings. The summed E-state index contributed by atoms with van der Waals surface area (Å²) in [6.45, 7) is 5.35. The number of halogens is 1. The Balaban J connectivity index is 2.03. The molecule has 0 aliphatic rings. The van der Waals surface area contributed by atoms with E-state index in [4.69, 9.17) is 16.6 Å². The third-order valence-corrected chi connectivity index (χ3v) is 4.25. The molecule has 1 aromatic heterocycles. The average molecular weight is 295 g/mol. The van der Waals surface area contributed by atoms with E-state index in [-0.39, 0.29) is 0 Å². The first-order valence-corrected chi connectivity index (χ1v) is 7.87. The van der Waals surface area contributed by atoms with Crippen LogP contribution in [-0.2, 0) is 6.42 Å². The van der Waals surface area contributed by atoms with Crippen molar-refractivity contribution < 1.29 is 0 Å². The highest BCUT2D eigenvalue weighted by Crippen LogP contribution is 2.22. The normalized spacial score (nSPS) is 12.6. The van der Waals surface area contributed by atoms with Gasteiger partial charge in [-0.05, 0) is 31.5 Å². The number of benzene rings is 1. The van der Waals surface area contributed by atoms with Crippen molar-refractivity contribution in [3.05, 3.63) is 50.9 Å². The zero-order chi connectivity index (χ0) is 13.7. The SMILES string of the molecule is CCCNC(C)c1csc(Cc2ccccc2Cl)n1. The van der Waals surface area contributed by atoms with Gasteiger partial charge in [0.15, 0.2) is 0 Å². The van der Waals surface area contributed by atoms with Crippen LogP contribution >= 0.6 is 22.9 Å². The van der Waals surface area contributed by atoms with Crippen LogP contribution in [0, 0.1) is 0 Å². The van der Waals surface area contributed by atoms with Crippen LogP contribution in [0.4, 0.5) is 0 Å². The van der Waals surface area contributed by atoms with Gasteiger partial charge in [-0.3, -0.25) is 0 Å². The molecule has 0 bridgehead atoms. The fraction of sp³-hybridized carbons (Fsp3) is 0.400. The Morgan fingerprint density at radius 2 is 2.16 bits per heavy atom. The second kappa shape index (κ2) is 7.04. The fourth-order valence-electron chi connectivity index (χ4n) is 1.88. The van der Waals surface area contributed by atoms with E-state index in [1.54, 1.807) is 11.3 Å². The number of hydrogen-bond acceptors (Lipinski definition) is 3. The molecule has 1 N–H and O–H groups in total. The predicted octanol–water partition coefficient (Wildman–Crippen LogP) is 4.45. The number of hydrogen-bond donors (Lipinski definition) is 1. The second-order valence-electron chi connectivity index (χ2n) is 4.61. The van der Waals surface area contributed by atoms with E-state index >= 15 is 0 Å². The number of nitrogens with zero attached hydrogens (tertiary/aromatic N) is 1. The smallest absolute Gasteiger partial charge is 0.0973 e. The maximum absolute atomic E-state index is 6.18. The minimum Gasteiger partial charge on any atom is -0.309 e. The Labute approximate surface area is 123 Å². The van der Waals surface area contributed by atoms with Gasteiger partial charge in [0.25, 0.3) is 0 Å². The van der Waals surface area contributed by atoms with Crippen LogP contribution in [0.1, 0.15) is 42.6 Å². The van der Waals surface area contributed by atoms with E-state index in [1.165, 1.54) is 0 Å². The van der Waals surface area contributed by atoms with Crippen molar-refractivity contribution in [1.82, 2.24) is 10.3 Å². The number of aromatic nitrogens is 1. The molecule has 0 radical (unpaired) electrons. The van der Waals surface area contributed by atoms with Crippen molar-refractivity contribution in [2.45, 2.75) is 32.7 Å². The Hall–Kier alpha value is -0.900. The molecule has 1 atom stereocenters. The summed E-state index contributed by atoms with van der Waals surface area (Å²) in [5.74, 6) is 0. The molecule has 0 amide bonds. The molecular weight excluding hydrogens is 276 g/mol. The van der Waals surface area contributed by atoms with Crippen molar-refractivity contribution in [3.63, 3.8) is 0 Å². The first kappa shape index (κ1) is 14.5. The topological polar surface area (TPSA) is 24.9 Å². The molecular formula is C15H19ClN2S. The van der Waals surface area contributed by atoms with E-state index in [2.05, 4.69) is 30.6 Å². The summed E-state index contributed by atoms with van der Waals surface area (Å²) in [5, 5.41) is 7.53. The quantitative estimate of drug-likeness (QED) is 0.851. The van der Waals surface area contributed by atoms with Crippen molar-refractivity contribution in [3.8, 4) is 0 Å². The molecule has 0 saturated carbocycles. The molecule has 0 fully saturated rings. The predicted molar refractivity (Wildman–Crippen MR) is 83.1 cm³/mol. The summed E-state index contributed by atoms with van der Waals surface area (Å²) in [7, 11) is 0. The Morgan fingerprint density at radius 1 is 1.37 bits per heavy atom. The van der Waals surface area contributed by atoms with Crippen LogP contribution in [0.25, 0.3) is 0 Å². The van der Waals surface area contributed by atoms with Gasteiger partial charge < -0.3 is 5.32 Å². The first-order chi connectivity index (χ1) is 9.20. The van der Waals surface area contributed by atoms with Gasteiger partial charge in [0.2, 0.25) is 0 Å². The van der Waals surface area contributed by atoms with Crippen LogP contribution in [0.2, 0.25) is 5.02 Å².